The van der Waals surface area contributed by atoms with Gasteiger partial charge < -0.3 is 14.9 Å². The summed E-state index contributed by atoms with van der Waals surface area (Å²) in [6.45, 7) is 3.98. The Balaban J connectivity index is 2.04. The molecule has 3 nitrogen and oxygen atoms in total. The standard InChI is InChI=1S/C12H26N2O/c1-13(8-4-3-5-10-15)11-12-7-6-9-14(12)2/h12,15H,3-11H2,1-2H3. The Hall–Kier alpha value is -0.120. The second kappa shape index (κ2) is 7.20. The van der Waals surface area contributed by atoms with Crippen LogP contribution in [-0.4, -0.2) is 61.3 Å². The Labute approximate surface area is 94.1 Å². The molecule has 0 saturated carbocycles. The normalized spacial score (nSPS) is 22.8. The minimum atomic E-state index is 0.342. The molecular weight excluding hydrogens is 188 g/mol. The van der Waals surface area contributed by atoms with Gasteiger partial charge >= 0.3 is 0 Å². The number of likely N-dealkylation sites (tertiary alicyclic amines) is 1. The van der Waals surface area contributed by atoms with Crippen LogP contribution in [0.5, 0.6) is 0 Å². The molecule has 0 aliphatic carbocycles. The third-order valence-electron chi connectivity index (χ3n) is 3.39. The summed E-state index contributed by atoms with van der Waals surface area (Å²) in [4.78, 5) is 4.91. The third-order valence-corrected chi connectivity index (χ3v) is 3.39. The van der Waals surface area contributed by atoms with Crippen molar-refractivity contribution in [1.29, 1.82) is 0 Å². The van der Waals surface area contributed by atoms with Gasteiger partial charge in [0.25, 0.3) is 0 Å². The van der Waals surface area contributed by atoms with E-state index in [1.165, 1.54) is 38.9 Å². The van der Waals surface area contributed by atoms with E-state index in [0.29, 0.717) is 6.61 Å². The molecule has 1 aliphatic heterocycles. The maximum absolute atomic E-state index is 8.68. The fraction of sp³-hybridized carbons (Fsp3) is 1.00. The Bertz CT molecular complexity index is 164. The Morgan fingerprint density at radius 3 is 2.73 bits per heavy atom. The fourth-order valence-corrected chi connectivity index (χ4v) is 2.33. The van der Waals surface area contributed by atoms with Crippen LogP contribution in [0.25, 0.3) is 0 Å². The minimum Gasteiger partial charge on any atom is -0.396 e. The average molecular weight is 214 g/mol. The summed E-state index contributed by atoms with van der Waals surface area (Å²) in [5.74, 6) is 0. The molecule has 1 heterocycles. The predicted octanol–water partition coefficient (Wildman–Crippen LogP) is 1.18. The molecule has 1 saturated heterocycles. The zero-order valence-corrected chi connectivity index (χ0v) is 10.3. The van der Waals surface area contributed by atoms with Crippen LogP contribution in [0.1, 0.15) is 32.1 Å². The van der Waals surface area contributed by atoms with Crippen molar-refractivity contribution in [2.75, 3.05) is 40.3 Å². The number of unbranched alkanes of at least 4 members (excludes halogenated alkanes) is 2. The van der Waals surface area contributed by atoms with Gasteiger partial charge in [-0.05, 0) is 59.3 Å². The van der Waals surface area contributed by atoms with Crippen LogP contribution in [0, 0.1) is 0 Å². The van der Waals surface area contributed by atoms with Gasteiger partial charge in [0.05, 0.1) is 0 Å². The molecule has 1 unspecified atom stereocenters. The summed E-state index contributed by atoms with van der Waals surface area (Å²) in [7, 11) is 4.45. The molecule has 1 aliphatic rings. The fourth-order valence-electron chi connectivity index (χ4n) is 2.33. The first-order chi connectivity index (χ1) is 7.24. The molecule has 3 heteroatoms. The van der Waals surface area contributed by atoms with Gasteiger partial charge in [-0.15, -0.1) is 0 Å². The summed E-state index contributed by atoms with van der Waals surface area (Å²) >= 11 is 0. The third kappa shape index (κ3) is 4.96. The first-order valence-electron chi connectivity index (χ1n) is 6.23. The van der Waals surface area contributed by atoms with Crippen molar-refractivity contribution in [2.24, 2.45) is 0 Å². The van der Waals surface area contributed by atoms with Crippen molar-refractivity contribution >= 4 is 0 Å². The van der Waals surface area contributed by atoms with Crippen LogP contribution in [0.3, 0.4) is 0 Å². The van der Waals surface area contributed by atoms with Crippen LogP contribution in [0.15, 0.2) is 0 Å². The van der Waals surface area contributed by atoms with Crippen molar-refractivity contribution in [1.82, 2.24) is 9.80 Å². The quantitative estimate of drug-likeness (QED) is 0.645. The molecule has 0 radical (unpaired) electrons. The van der Waals surface area contributed by atoms with Gasteiger partial charge in [0.1, 0.15) is 0 Å². The molecule has 0 aromatic carbocycles. The molecule has 1 fully saturated rings. The first kappa shape index (κ1) is 12.9. The maximum Gasteiger partial charge on any atom is 0.0431 e. The van der Waals surface area contributed by atoms with E-state index in [0.717, 1.165) is 18.9 Å². The van der Waals surface area contributed by atoms with E-state index >= 15 is 0 Å². The molecule has 0 bridgehead atoms. The Kier molecular flexibility index (Phi) is 6.22. The molecule has 0 aromatic rings. The second-order valence-electron chi connectivity index (χ2n) is 4.82. The predicted molar refractivity (Wildman–Crippen MR) is 64.1 cm³/mol. The van der Waals surface area contributed by atoms with Crippen LogP contribution >= 0.6 is 0 Å². The number of aliphatic hydroxyl groups excluding tert-OH is 1. The van der Waals surface area contributed by atoms with Crippen molar-refractivity contribution in [3.8, 4) is 0 Å². The summed E-state index contributed by atoms with van der Waals surface area (Å²) in [5, 5.41) is 8.68. The summed E-state index contributed by atoms with van der Waals surface area (Å²) in [6, 6.07) is 0.771. The van der Waals surface area contributed by atoms with Crippen molar-refractivity contribution < 1.29 is 5.11 Å². The van der Waals surface area contributed by atoms with E-state index in [1.807, 2.05) is 0 Å². The van der Waals surface area contributed by atoms with E-state index in [9.17, 15) is 0 Å². The minimum absolute atomic E-state index is 0.342. The van der Waals surface area contributed by atoms with Crippen molar-refractivity contribution in [2.45, 2.75) is 38.1 Å². The molecule has 1 rings (SSSR count). The SMILES string of the molecule is CN(CCCCCO)CC1CCCN1C. The second-order valence-corrected chi connectivity index (χ2v) is 4.82. The highest BCUT2D eigenvalue weighted by Gasteiger charge is 2.21. The van der Waals surface area contributed by atoms with E-state index in [4.69, 9.17) is 5.11 Å². The number of rotatable bonds is 7. The molecule has 0 spiro atoms. The molecule has 1 atom stereocenters. The van der Waals surface area contributed by atoms with Gasteiger partial charge in [-0.3, -0.25) is 0 Å². The van der Waals surface area contributed by atoms with Gasteiger partial charge in [-0.1, -0.05) is 0 Å². The summed E-state index contributed by atoms with van der Waals surface area (Å²) in [5.41, 5.74) is 0. The number of aliphatic hydroxyl groups is 1. The van der Waals surface area contributed by atoms with Crippen molar-refractivity contribution in [3.05, 3.63) is 0 Å². The lowest BCUT2D eigenvalue weighted by Gasteiger charge is -2.25. The highest BCUT2D eigenvalue weighted by atomic mass is 16.2. The summed E-state index contributed by atoms with van der Waals surface area (Å²) < 4.78 is 0. The van der Waals surface area contributed by atoms with Crippen LogP contribution in [0.4, 0.5) is 0 Å². The topological polar surface area (TPSA) is 26.7 Å². The van der Waals surface area contributed by atoms with Crippen LogP contribution in [-0.2, 0) is 0 Å². The van der Waals surface area contributed by atoms with Crippen LogP contribution in [0.2, 0.25) is 0 Å². The molecular formula is C12H26N2O. The zero-order valence-electron chi connectivity index (χ0n) is 10.3. The van der Waals surface area contributed by atoms with Gasteiger partial charge in [0, 0.05) is 19.2 Å². The van der Waals surface area contributed by atoms with E-state index in [1.54, 1.807) is 0 Å². The Morgan fingerprint density at radius 1 is 1.33 bits per heavy atom. The number of hydrogen-bond acceptors (Lipinski definition) is 3. The monoisotopic (exact) mass is 214 g/mol. The zero-order chi connectivity index (χ0) is 11.1. The van der Waals surface area contributed by atoms with Gasteiger partial charge in [0.15, 0.2) is 0 Å². The Morgan fingerprint density at radius 2 is 2.13 bits per heavy atom. The van der Waals surface area contributed by atoms with Gasteiger partial charge in [-0.25, -0.2) is 0 Å². The molecule has 15 heavy (non-hydrogen) atoms. The smallest absolute Gasteiger partial charge is 0.0431 e. The number of nitrogens with zero attached hydrogens (tertiary/aromatic N) is 2. The van der Waals surface area contributed by atoms with E-state index in [2.05, 4.69) is 23.9 Å². The lowest BCUT2D eigenvalue weighted by molar-refractivity contribution is 0.215. The molecule has 1 N–H and O–H groups in total. The average Bonchev–Trinajstić information content (AvgIpc) is 2.59. The number of likely N-dealkylation sites (N-methyl/N-ethyl adjacent to an activating group) is 2. The highest BCUT2D eigenvalue weighted by Crippen LogP contribution is 2.15. The molecule has 0 amide bonds. The highest BCUT2D eigenvalue weighted by molar-refractivity contribution is 4.78. The maximum atomic E-state index is 8.68. The lowest BCUT2D eigenvalue weighted by Crippen LogP contribution is -2.37. The van der Waals surface area contributed by atoms with Gasteiger partial charge in [0.2, 0.25) is 0 Å². The van der Waals surface area contributed by atoms with E-state index < -0.39 is 0 Å². The number of hydrogen-bond donors (Lipinski definition) is 1. The van der Waals surface area contributed by atoms with Gasteiger partial charge in [-0.2, -0.15) is 0 Å². The first-order valence-corrected chi connectivity index (χ1v) is 6.23. The van der Waals surface area contributed by atoms with Crippen LogP contribution < -0.4 is 0 Å². The molecule has 90 valence electrons. The van der Waals surface area contributed by atoms with Crippen molar-refractivity contribution in [3.63, 3.8) is 0 Å². The summed E-state index contributed by atoms with van der Waals surface area (Å²) in [6.07, 6.45) is 6.04. The lowest BCUT2D eigenvalue weighted by atomic mass is 10.2. The largest absolute Gasteiger partial charge is 0.396 e. The van der Waals surface area contributed by atoms with E-state index in [-0.39, 0.29) is 0 Å². The molecule has 0 aromatic heterocycles.